The summed E-state index contributed by atoms with van der Waals surface area (Å²) in [7, 11) is 1.50. The van der Waals surface area contributed by atoms with E-state index in [9.17, 15) is 9.90 Å². The molecule has 0 aromatic heterocycles. The number of carbonyl (C=O) groups excluding carboxylic acids is 1. The van der Waals surface area contributed by atoms with Crippen LogP contribution in [0.1, 0.15) is 25.8 Å². The largest absolute Gasteiger partial charge is 0.504 e. The zero-order chi connectivity index (χ0) is 12.8. The van der Waals surface area contributed by atoms with Gasteiger partial charge in [0.25, 0.3) is 0 Å². The molecule has 0 unspecified atom stereocenters. The van der Waals surface area contributed by atoms with Gasteiger partial charge in [0.05, 0.1) is 7.11 Å². The maximum Gasteiger partial charge on any atom is 0.220 e. The Balaban J connectivity index is 2.55. The van der Waals surface area contributed by atoms with Crippen LogP contribution in [-0.2, 0) is 11.3 Å². The van der Waals surface area contributed by atoms with E-state index in [1.165, 1.54) is 7.11 Å². The Morgan fingerprint density at radius 2 is 2.18 bits per heavy atom. The molecule has 0 aliphatic rings. The van der Waals surface area contributed by atoms with Crippen molar-refractivity contribution in [3.63, 3.8) is 0 Å². The molecule has 2 N–H and O–H groups in total. The second-order valence-electron chi connectivity index (χ2n) is 4.38. The van der Waals surface area contributed by atoms with Crippen LogP contribution >= 0.6 is 0 Å². The lowest BCUT2D eigenvalue weighted by molar-refractivity contribution is -0.121. The minimum absolute atomic E-state index is 0.0343. The molecule has 4 heteroatoms. The number of nitrogens with one attached hydrogen (secondary N) is 1. The van der Waals surface area contributed by atoms with Gasteiger partial charge in [-0.15, -0.1) is 0 Å². The summed E-state index contributed by atoms with van der Waals surface area (Å²) in [5, 5.41) is 12.2. The maximum atomic E-state index is 11.5. The molecule has 17 heavy (non-hydrogen) atoms. The number of phenols is 1. The first-order valence-corrected chi connectivity index (χ1v) is 5.65. The van der Waals surface area contributed by atoms with Crippen molar-refractivity contribution < 1.29 is 14.6 Å². The normalized spacial score (nSPS) is 10.4. The summed E-state index contributed by atoms with van der Waals surface area (Å²) in [4.78, 5) is 11.5. The average molecular weight is 237 g/mol. The van der Waals surface area contributed by atoms with Crippen molar-refractivity contribution in [2.24, 2.45) is 5.92 Å². The Hall–Kier alpha value is -1.71. The molecule has 0 radical (unpaired) electrons. The van der Waals surface area contributed by atoms with E-state index < -0.39 is 0 Å². The van der Waals surface area contributed by atoms with Crippen molar-refractivity contribution in [1.29, 1.82) is 0 Å². The molecule has 94 valence electrons. The van der Waals surface area contributed by atoms with E-state index in [4.69, 9.17) is 4.74 Å². The number of methoxy groups -OCH3 is 1. The van der Waals surface area contributed by atoms with Crippen LogP contribution in [0, 0.1) is 5.92 Å². The third kappa shape index (κ3) is 4.34. The molecule has 1 aromatic rings. The van der Waals surface area contributed by atoms with Crippen molar-refractivity contribution in [2.75, 3.05) is 7.11 Å². The van der Waals surface area contributed by atoms with Gasteiger partial charge in [0.2, 0.25) is 5.91 Å². The van der Waals surface area contributed by atoms with Gasteiger partial charge in [0.1, 0.15) is 0 Å². The summed E-state index contributed by atoms with van der Waals surface area (Å²) in [5.41, 5.74) is 0.900. The summed E-state index contributed by atoms with van der Waals surface area (Å²) in [5.74, 6) is 0.904. The fourth-order valence-corrected chi connectivity index (χ4v) is 1.48. The van der Waals surface area contributed by atoms with E-state index >= 15 is 0 Å². The molecule has 1 aromatic carbocycles. The van der Waals surface area contributed by atoms with E-state index in [0.29, 0.717) is 24.6 Å². The van der Waals surface area contributed by atoms with Crippen LogP contribution in [-0.4, -0.2) is 18.1 Å². The van der Waals surface area contributed by atoms with Gasteiger partial charge < -0.3 is 15.2 Å². The van der Waals surface area contributed by atoms with Gasteiger partial charge in [-0.25, -0.2) is 0 Å². The lowest BCUT2D eigenvalue weighted by atomic mass is 10.1. The molecular weight excluding hydrogens is 218 g/mol. The van der Waals surface area contributed by atoms with Gasteiger partial charge >= 0.3 is 0 Å². The second-order valence-corrected chi connectivity index (χ2v) is 4.38. The van der Waals surface area contributed by atoms with Gasteiger partial charge in [0.15, 0.2) is 11.5 Å². The number of hydrogen-bond acceptors (Lipinski definition) is 3. The number of ether oxygens (including phenoxy) is 1. The van der Waals surface area contributed by atoms with Crippen LogP contribution in [0.2, 0.25) is 0 Å². The van der Waals surface area contributed by atoms with Crippen molar-refractivity contribution in [2.45, 2.75) is 26.8 Å². The molecule has 1 amide bonds. The van der Waals surface area contributed by atoms with Gasteiger partial charge in [0, 0.05) is 13.0 Å². The molecule has 0 fully saturated rings. The molecule has 4 nitrogen and oxygen atoms in total. The Morgan fingerprint density at radius 1 is 1.47 bits per heavy atom. The number of hydrogen-bond donors (Lipinski definition) is 2. The van der Waals surface area contributed by atoms with Gasteiger partial charge in [-0.05, 0) is 23.6 Å². The summed E-state index contributed by atoms with van der Waals surface area (Å²) < 4.78 is 4.99. The average Bonchev–Trinajstić information content (AvgIpc) is 2.27. The van der Waals surface area contributed by atoms with Crippen molar-refractivity contribution in [1.82, 2.24) is 5.32 Å². The summed E-state index contributed by atoms with van der Waals surface area (Å²) in [6.45, 7) is 4.45. The molecular formula is C13H19NO3. The highest BCUT2D eigenvalue weighted by molar-refractivity contribution is 5.76. The van der Waals surface area contributed by atoms with Crippen molar-refractivity contribution in [3.8, 4) is 11.5 Å². The topological polar surface area (TPSA) is 58.6 Å². The first kappa shape index (κ1) is 13.4. The van der Waals surface area contributed by atoms with Crippen LogP contribution in [0.15, 0.2) is 18.2 Å². The highest BCUT2D eigenvalue weighted by Crippen LogP contribution is 2.26. The van der Waals surface area contributed by atoms with Crippen LogP contribution in [0.4, 0.5) is 0 Å². The molecule has 0 aliphatic heterocycles. The minimum atomic E-state index is 0.0343. The second kappa shape index (κ2) is 6.13. The zero-order valence-corrected chi connectivity index (χ0v) is 10.5. The molecule has 0 saturated carbocycles. The van der Waals surface area contributed by atoms with Crippen LogP contribution in [0.5, 0.6) is 11.5 Å². The number of rotatable bonds is 5. The third-order valence-corrected chi connectivity index (χ3v) is 2.33. The smallest absolute Gasteiger partial charge is 0.220 e. The number of aromatic hydroxyl groups is 1. The maximum absolute atomic E-state index is 11.5. The van der Waals surface area contributed by atoms with Crippen LogP contribution in [0.25, 0.3) is 0 Å². The van der Waals surface area contributed by atoms with E-state index in [1.807, 2.05) is 13.8 Å². The highest BCUT2D eigenvalue weighted by atomic mass is 16.5. The number of amides is 1. The summed E-state index contributed by atoms with van der Waals surface area (Å²) >= 11 is 0. The van der Waals surface area contributed by atoms with Gasteiger partial charge in [-0.3, -0.25) is 4.79 Å². The molecule has 0 bridgehead atoms. The Bertz CT molecular complexity index is 388. The highest BCUT2D eigenvalue weighted by Gasteiger charge is 2.06. The molecule has 0 heterocycles. The quantitative estimate of drug-likeness (QED) is 0.824. The molecule has 0 atom stereocenters. The standard InChI is InChI=1S/C13H19NO3/c1-9(2)6-13(16)14-8-10-4-5-11(15)12(7-10)17-3/h4-5,7,9,15H,6,8H2,1-3H3,(H,14,16). The van der Waals surface area contributed by atoms with E-state index in [1.54, 1.807) is 18.2 Å². The molecule has 0 saturated heterocycles. The SMILES string of the molecule is COc1cc(CNC(=O)CC(C)C)ccc1O. The summed E-state index contributed by atoms with van der Waals surface area (Å²) in [6, 6.07) is 5.03. The van der Waals surface area contributed by atoms with Crippen molar-refractivity contribution >= 4 is 5.91 Å². The lowest BCUT2D eigenvalue weighted by Crippen LogP contribution is -2.23. The number of benzene rings is 1. The fourth-order valence-electron chi connectivity index (χ4n) is 1.48. The molecule has 0 spiro atoms. The number of phenolic OH excluding ortho intramolecular Hbond substituents is 1. The number of carbonyl (C=O) groups is 1. The van der Waals surface area contributed by atoms with E-state index in [-0.39, 0.29) is 11.7 Å². The zero-order valence-electron chi connectivity index (χ0n) is 10.5. The predicted molar refractivity (Wildman–Crippen MR) is 66.0 cm³/mol. The molecule has 0 aliphatic carbocycles. The van der Waals surface area contributed by atoms with Gasteiger partial charge in [-0.1, -0.05) is 19.9 Å². The first-order chi connectivity index (χ1) is 8.02. The first-order valence-electron chi connectivity index (χ1n) is 5.65. The fraction of sp³-hybridized carbons (Fsp3) is 0.462. The third-order valence-electron chi connectivity index (χ3n) is 2.33. The van der Waals surface area contributed by atoms with E-state index in [0.717, 1.165) is 5.56 Å². The van der Waals surface area contributed by atoms with Crippen LogP contribution < -0.4 is 10.1 Å². The van der Waals surface area contributed by atoms with Gasteiger partial charge in [-0.2, -0.15) is 0 Å². The van der Waals surface area contributed by atoms with Crippen molar-refractivity contribution in [3.05, 3.63) is 23.8 Å². The Morgan fingerprint density at radius 3 is 2.76 bits per heavy atom. The minimum Gasteiger partial charge on any atom is -0.504 e. The summed E-state index contributed by atoms with van der Waals surface area (Å²) in [6.07, 6.45) is 0.523. The predicted octanol–water partition coefficient (Wildman–Crippen LogP) is 2.06. The Labute approximate surface area is 102 Å². The van der Waals surface area contributed by atoms with Crippen LogP contribution in [0.3, 0.4) is 0 Å². The molecule has 1 rings (SSSR count). The lowest BCUT2D eigenvalue weighted by Gasteiger charge is -2.09. The van der Waals surface area contributed by atoms with E-state index in [2.05, 4.69) is 5.32 Å². The monoisotopic (exact) mass is 237 g/mol. The Kier molecular flexibility index (Phi) is 4.82.